The first kappa shape index (κ1) is 14.2. The molecule has 1 amide bonds. The Morgan fingerprint density at radius 1 is 1.53 bits per heavy atom. The largest absolute Gasteiger partial charge is 0.465 e. The molecule has 0 rings (SSSR count). The normalized spacial score (nSPS) is 11.9. The lowest BCUT2D eigenvalue weighted by Gasteiger charge is -2.09. The summed E-state index contributed by atoms with van der Waals surface area (Å²) >= 11 is 1.45. The molecule has 0 bridgehead atoms. The van der Waals surface area contributed by atoms with E-state index in [2.05, 4.69) is 5.32 Å². The van der Waals surface area contributed by atoms with Crippen molar-refractivity contribution in [2.75, 3.05) is 25.2 Å². The van der Waals surface area contributed by atoms with Crippen molar-refractivity contribution >= 4 is 23.6 Å². The molecule has 1 unspecified atom stereocenters. The maximum absolute atomic E-state index is 11.1. The highest BCUT2D eigenvalue weighted by Crippen LogP contribution is 2.04. The fraction of sp³-hybridized carbons (Fsp3) is 0.778. The summed E-state index contributed by atoms with van der Waals surface area (Å²) in [4.78, 5) is 21.9. The summed E-state index contributed by atoms with van der Waals surface area (Å²) in [7, 11) is 1.59. The maximum Gasteiger partial charge on any atom is 0.322 e. The van der Waals surface area contributed by atoms with E-state index in [-0.39, 0.29) is 11.9 Å². The summed E-state index contributed by atoms with van der Waals surface area (Å²) < 4.78 is 4.75. The molecule has 0 aromatic heterocycles. The Bertz CT molecular complexity index is 212. The predicted octanol–water partition coefficient (Wildman–Crippen LogP) is -0.254. The van der Waals surface area contributed by atoms with Crippen LogP contribution in [0.1, 0.15) is 13.3 Å². The van der Waals surface area contributed by atoms with Crippen molar-refractivity contribution < 1.29 is 14.3 Å². The van der Waals surface area contributed by atoms with Crippen molar-refractivity contribution in [1.29, 1.82) is 0 Å². The molecule has 0 aromatic rings. The standard InChI is InChI=1S/C9H18N2O3S/c1-3-14-9(13)7(10)4-5-15-6-8(12)11-2/h7H,3-6,10H2,1-2H3,(H,11,12). The molecule has 0 fully saturated rings. The molecule has 15 heavy (non-hydrogen) atoms. The maximum atomic E-state index is 11.1. The summed E-state index contributed by atoms with van der Waals surface area (Å²) in [5, 5.41) is 2.51. The highest BCUT2D eigenvalue weighted by Gasteiger charge is 2.13. The van der Waals surface area contributed by atoms with E-state index in [4.69, 9.17) is 10.5 Å². The first-order chi connectivity index (χ1) is 7.11. The van der Waals surface area contributed by atoms with Crippen LogP contribution in [0.2, 0.25) is 0 Å². The van der Waals surface area contributed by atoms with Gasteiger partial charge in [0.25, 0.3) is 0 Å². The predicted molar refractivity (Wildman–Crippen MR) is 60.6 cm³/mol. The molecule has 0 heterocycles. The molecule has 0 aliphatic carbocycles. The van der Waals surface area contributed by atoms with E-state index in [1.165, 1.54) is 11.8 Å². The van der Waals surface area contributed by atoms with Gasteiger partial charge in [-0.25, -0.2) is 0 Å². The van der Waals surface area contributed by atoms with Crippen LogP contribution in [0.5, 0.6) is 0 Å². The minimum Gasteiger partial charge on any atom is -0.465 e. The van der Waals surface area contributed by atoms with Crippen LogP contribution in [0.3, 0.4) is 0 Å². The fourth-order valence-corrected chi connectivity index (χ4v) is 1.71. The molecule has 0 aromatic carbocycles. The Hall–Kier alpha value is -0.750. The Kier molecular flexibility index (Phi) is 8.12. The van der Waals surface area contributed by atoms with E-state index in [0.717, 1.165) is 0 Å². The van der Waals surface area contributed by atoms with Gasteiger partial charge in [-0.3, -0.25) is 9.59 Å². The Balaban J connectivity index is 3.50. The average molecular weight is 234 g/mol. The van der Waals surface area contributed by atoms with Gasteiger partial charge in [-0.2, -0.15) is 11.8 Å². The lowest BCUT2D eigenvalue weighted by atomic mass is 10.2. The topological polar surface area (TPSA) is 81.4 Å². The van der Waals surface area contributed by atoms with E-state index in [1.807, 2.05) is 0 Å². The number of carbonyl (C=O) groups is 2. The molecule has 5 nitrogen and oxygen atoms in total. The summed E-state index contributed by atoms with van der Waals surface area (Å²) in [6.45, 7) is 2.09. The van der Waals surface area contributed by atoms with E-state index < -0.39 is 6.04 Å². The van der Waals surface area contributed by atoms with E-state index >= 15 is 0 Å². The van der Waals surface area contributed by atoms with Crippen LogP contribution in [0.4, 0.5) is 0 Å². The number of hydrogen-bond acceptors (Lipinski definition) is 5. The second-order valence-electron chi connectivity index (χ2n) is 2.87. The molecule has 88 valence electrons. The summed E-state index contributed by atoms with van der Waals surface area (Å²) in [6, 6.07) is -0.581. The quantitative estimate of drug-likeness (QED) is 0.469. The summed E-state index contributed by atoms with van der Waals surface area (Å²) in [5.74, 6) is 0.669. The number of nitrogens with two attached hydrogens (primary N) is 1. The number of nitrogens with one attached hydrogen (secondary N) is 1. The molecular formula is C9H18N2O3S. The van der Waals surface area contributed by atoms with Crippen molar-refractivity contribution in [2.45, 2.75) is 19.4 Å². The van der Waals surface area contributed by atoms with E-state index in [9.17, 15) is 9.59 Å². The highest BCUT2D eigenvalue weighted by molar-refractivity contribution is 7.99. The van der Waals surface area contributed by atoms with Gasteiger partial charge < -0.3 is 15.8 Å². The van der Waals surface area contributed by atoms with Gasteiger partial charge in [0.05, 0.1) is 12.4 Å². The molecular weight excluding hydrogens is 216 g/mol. The molecule has 0 saturated heterocycles. The zero-order chi connectivity index (χ0) is 11.7. The zero-order valence-electron chi connectivity index (χ0n) is 9.12. The van der Waals surface area contributed by atoms with E-state index in [1.54, 1.807) is 14.0 Å². The Labute approximate surface area is 94.1 Å². The lowest BCUT2D eigenvalue weighted by molar-refractivity contribution is -0.144. The SMILES string of the molecule is CCOC(=O)C(N)CCSCC(=O)NC. The first-order valence-corrected chi connectivity index (χ1v) is 5.97. The number of esters is 1. The van der Waals surface area contributed by atoms with Crippen molar-refractivity contribution in [3.05, 3.63) is 0 Å². The zero-order valence-corrected chi connectivity index (χ0v) is 9.93. The van der Waals surface area contributed by atoms with Crippen molar-refractivity contribution in [1.82, 2.24) is 5.32 Å². The second-order valence-corrected chi connectivity index (χ2v) is 3.98. The van der Waals surface area contributed by atoms with Gasteiger partial charge in [0.2, 0.25) is 5.91 Å². The van der Waals surface area contributed by atoms with Crippen LogP contribution in [0.15, 0.2) is 0 Å². The van der Waals surface area contributed by atoms with Crippen LogP contribution in [-0.4, -0.2) is 43.1 Å². The number of thioether (sulfide) groups is 1. The average Bonchev–Trinajstić information content (AvgIpc) is 2.23. The molecule has 0 aliphatic rings. The van der Waals surface area contributed by atoms with Crippen LogP contribution in [0.25, 0.3) is 0 Å². The van der Waals surface area contributed by atoms with Crippen molar-refractivity contribution in [3.8, 4) is 0 Å². The molecule has 0 saturated carbocycles. The molecule has 6 heteroatoms. The van der Waals surface area contributed by atoms with Gasteiger partial charge in [-0.1, -0.05) is 0 Å². The third kappa shape index (κ3) is 7.21. The van der Waals surface area contributed by atoms with Gasteiger partial charge in [0, 0.05) is 7.05 Å². The van der Waals surface area contributed by atoms with Gasteiger partial charge in [0.15, 0.2) is 0 Å². The van der Waals surface area contributed by atoms with Crippen LogP contribution < -0.4 is 11.1 Å². The Morgan fingerprint density at radius 3 is 2.73 bits per heavy atom. The summed E-state index contributed by atoms with van der Waals surface area (Å²) in [5.41, 5.74) is 5.56. The third-order valence-corrected chi connectivity index (χ3v) is 2.67. The van der Waals surface area contributed by atoms with Crippen LogP contribution in [-0.2, 0) is 14.3 Å². The van der Waals surface area contributed by atoms with Crippen LogP contribution in [0, 0.1) is 0 Å². The van der Waals surface area contributed by atoms with Gasteiger partial charge in [0.1, 0.15) is 6.04 Å². The van der Waals surface area contributed by atoms with Crippen molar-refractivity contribution in [3.63, 3.8) is 0 Å². The molecule has 0 spiro atoms. The molecule has 0 aliphatic heterocycles. The highest BCUT2D eigenvalue weighted by atomic mass is 32.2. The van der Waals surface area contributed by atoms with Gasteiger partial charge in [-0.15, -0.1) is 0 Å². The number of rotatable bonds is 7. The van der Waals surface area contributed by atoms with Gasteiger partial charge in [-0.05, 0) is 19.1 Å². The monoisotopic (exact) mass is 234 g/mol. The number of amides is 1. The number of hydrogen-bond donors (Lipinski definition) is 2. The second kappa shape index (κ2) is 8.55. The summed E-state index contributed by atoms with van der Waals surface area (Å²) in [6.07, 6.45) is 0.528. The minimum absolute atomic E-state index is 0.0234. The number of carbonyl (C=O) groups excluding carboxylic acids is 2. The van der Waals surface area contributed by atoms with Gasteiger partial charge >= 0.3 is 5.97 Å². The number of ether oxygens (including phenoxy) is 1. The van der Waals surface area contributed by atoms with E-state index in [0.29, 0.717) is 24.5 Å². The minimum atomic E-state index is -0.581. The van der Waals surface area contributed by atoms with Crippen LogP contribution >= 0.6 is 11.8 Å². The molecule has 3 N–H and O–H groups in total. The fourth-order valence-electron chi connectivity index (χ4n) is 0.814. The Morgan fingerprint density at radius 2 is 2.20 bits per heavy atom. The third-order valence-electron chi connectivity index (χ3n) is 1.67. The molecule has 0 radical (unpaired) electrons. The first-order valence-electron chi connectivity index (χ1n) is 4.82. The smallest absolute Gasteiger partial charge is 0.322 e. The molecule has 1 atom stereocenters. The van der Waals surface area contributed by atoms with Crippen molar-refractivity contribution in [2.24, 2.45) is 5.73 Å². The lowest BCUT2D eigenvalue weighted by Crippen LogP contribution is -2.33.